The topological polar surface area (TPSA) is 61.6 Å². The van der Waals surface area contributed by atoms with Gasteiger partial charge in [0, 0.05) is 44.3 Å². The summed E-state index contributed by atoms with van der Waals surface area (Å²) in [5.74, 6) is 0.612. The van der Waals surface area contributed by atoms with Gasteiger partial charge in [-0.15, -0.1) is 0 Å². The summed E-state index contributed by atoms with van der Waals surface area (Å²) >= 11 is 0. The van der Waals surface area contributed by atoms with E-state index in [1.807, 2.05) is 22.6 Å². The van der Waals surface area contributed by atoms with Crippen molar-refractivity contribution in [1.82, 2.24) is 19.6 Å². The van der Waals surface area contributed by atoms with Crippen LogP contribution in [0, 0.1) is 0 Å². The van der Waals surface area contributed by atoms with Crippen LogP contribution in [0.4, 0.5) is 0 Å². The highest BCUT2D eigenvalue weighted by atomic mass is 16.3. The van der Waals surface area contributed by atoms with Gasteiger partial charge in [0.25, 0.3) is 5.91 Å². The SMILES string of the molecule is CCC(O)CN1CCN(C(=O)c2cc(C3CC3)n(C(C)(C)C)n2)CC1. The van der Waals surface area contributed by atoms with E-state index in [4.69, 9.17) is 0 Å². The van der Waals surface area contributed by atoms with Gasteiger partial charge < -0.3 is 10.0 Å². The molecule has 0 aromatic carbocycles. The van der Waals surface area contributed by atoms with Crippen molar-refractivity contribution in [3.05, 3.63) is 17.5 Å². The van der Waals surface area contributed by atoms with E-state index in [9.17, 15) is 9.90 Å². The molecule has 140 valence electrons. The average Bonchev–Trinajstić information content (AvgIpc) is 3.31. The van der Waals surface area contributed by atoms with E-state index >= 15 is 0 Å². The summed E-state index contributed by atoms with van der Waals surface area (Å²) in [6.07, 6.45) is 2.90. The lowest BCUT2D eigenvalue weighted by molar-refractivity contribution is 0.0518. The molecule has 1 unspecified atom stereocenters. The van der Waals surface area contributed by atoms with Gasteiger partial charge in [0.15, 0.2) is 5.69 Å². The predicted octanol–water partition coefficient (Wildman–Crippen LogP) is 2.04. The first kappa shape index (κ1) is 18.4. The van der Waals surface area contributed by atoms with E-state index in [2.05, 4.69) is 30.8 Å². The van der Waals surface area contributed by atoms with E-state index in [1.54, 1.807) is 0 Å². The molecule has 6 nitrogen and oxygen atoms in total. The number of aromatic nitrogens is 2. The number of nitrogens with zero attached hydrogens (tertiary/aromatic N) is 4. The molecule has 1 atom stereocenters. The number of aliphatic hydroxyl groups is 1. The highest BCUT2D eigenvalue weighted by Gasteiger charge is 2.33. The van der Waals surface area contributed by atoms with Crippen LogP contribution < -0.4 is 0 Å². The van der Waals surface area contributed by atoms with Crippen LogP contribution in [0.2, 0.25) is 0 Å². The minimum Gasteiger partial charge on any atom is -0.392 e. The highest BCUT2D eigenvalue weighted by molar-refractivity contribution is 5.92. The molecular weight excluding hydrogens is 316 g/mol. The number of hydrogen-bond donors (Lipinski definition) is 1. The first-order chi connectivity index (χ1) is 11.8. The number of β-amino-alcohol motifs (C(OH)–C–C–N with tert-alkyl or cyclic N) is 1. The number of amides is 1. The summed E-state index contributed by atoms with van der Waals surface area (Å²) in [5.41, 5.74) is 1.69. The molecule has 1 aromatic rings. The molecule has 0 radical (unpaired) electrons. The minimum absolute atomic E-state index is 0.0422. The van der Waals surface area contributed by atoms with Gasteiger partial charge in [-0.3, -0.25) is 14.4 Å². The van der Waals surface area contributed by atoms with E-state index in [-0.39, 0.29) is 17.6 Å². The number of rotatable bonds is 5. The first-order valence-corrected chi connectivity index (χ1v) is 9.59. The van der Waals surface area contributed by atoms with Crippen LogP contribution in [0.3, 0.4) is 0 Å². The smallest absolute Gasteiger partial charge is 0.274 e. The highest BCUT2D eigenvalue weighted by Crippen LogP contribution is 2.41. The van der Waals surface area contributed by atoms with Crippen LogP contribution in [0.5, 0.6) is 0 Å². The molecule has 1 N–H and O–H groups in total. The van der Waals surface area contributed by atoms with Crippen molar-refractivity contribution in [3.8, 4) is 0 Å². The summed E-state index contributed by atoms with van der Waals surface area (Å²) in [5, 5.41) is 14.5. The van der Waals surface area contributed by atoms with E-state index in [1.165, 1.54) is 18.5 Å². The van der Waals surface area contributed by atoms with Crippen molar-refractivity contribution in [3.63, 3.8) is 0 Å². The molecule has 2 aliphatic rings. The maximum atomic E-state index is 12.9. The maximum Gasteiger partial charge on any atom is 0.274 e. The molecule has 1 aliphatic heterocycles. The molecule has 25 heavy (non-hydrogen) atoms. The lowest BCUT2D eigenvalue weighted by atomic mass is 10.1. The van der Waals surface area contributed by atoms with Crippen molar-refractivity contribution in [2.24, 2.45) is 0 Å². The van der Waals surface area contributed by atoms with Gasteiger partial charge in [0.05, 0.1) is 11.6 Å². The van der Waals surface area contributed by atoms with Gasteiger partial charge in [-0.05, 0) is 46.1 Å². The zero-order valence-electron chi connectivity index (χ0n) is 16.0. The second-order valence-corrected chi connectivity index (χ2v) is 8.47. The Labute approximate surface area is 150 Å². The standard InChI is InChI=1S/C19H32N4O2/c1-5-15(24)13-21-8-10-22(11-9-21)18(25)16-12-17(14-6-7-14)23(20-16)19(2,3)4/h12,14-15,24H,5-11,13H2,1-4H3. The van der Waals surface area contributed by atoms with E-state index in [0.717, 1.165) is 19.5 Å². The fourth-order valence-corrected chi connectivity index (χ4v) is 3.43. The molecule has 6 heteroatoms. The Balaban J connectivity index is 1.66. The van der Waals surface area contributed by atoms with Gasteiger partial charge in [-0.2, -0.15) is 5.10 Å². The molecular formula is C19H32N4O2. The zero-order chi connectivity index (χ0) is 18.2. The predicted molar refractivity (Wildman–Crippen MR) is 97.8 cm³/mol. The number of carbonyl (C=O) groups is 1. The number of piperazine rings is 1. The second kappa shape index (κ2) is 7.08. The fourth-order valence-electron chi connectivity index (χ4n) is 3.43. The Kier molecular flexibility index (Phi) is 5.21. The summed E-state index contributed by atoms with van der Waals surface area (Å²) in [6.45, 7) is 12.1. The summed E-state index contributed by atoms with van der Waals surface area (Å²) in [6, 6.07) is 2.01. The molecule has 1 saturated heterocycles. The Morgan fingerprint density at radius 1 is 1.28 bits per heavy atom. The Hall–Kier alpha value is -1.40. The molecule has 1 amide bonds. The van der Waals surface area contributed by atoms with Crippen LogP contribution >= 0.6 is 0 Å². The molecule has 2 heterocycles. The van der Waals surface area contributed by atoms with Crippen LogP contribution in [0.15, 0.2) is 6.07 Å². The minimum atomic E-state index is -0.272. The largest absolute Gasteiger partial charge is 0.392 e. The van der Waals surface area contributed by atoms with Gasteiger partial charge in [-0.25, -0.2) is 0 Å². The van der Waals surface area contributed by atoms with Gasteiger partial charge in [0.1, 0.15) is 0 Å². The van der Waals surface area contributed by atoms with Crippen molar-refractivity contribution in [2.75, 3.05) is 32.7 Å². The van der Waals surface area contributed by atoms with Crippen LogP contribution in [0.1, 0.15) is 69.1 Å². The average molecular weight is 348 g/mol. The third-order valence-electron chi connectivity index (χ3n) is 5.19. The summed E-state index contributed by atoms with van der Waals surface area (Å²) < 4.78 is 2.05. The zero-order valence-corrected chi connectivity index (χ0v) is 16.0. The first-order valence-electron chi connectivity index (χ1n) is 9.59. The van der Waals surface area contributed by atoms with E-state index in [0.29, 0.717) is 31.2 Å². The number of hydrogen-bond acceptors (Lipinski definition) is 4. The normalized spacial score (nSPS) is 20.8. The molecule has 2 fully saturated rings. The van der Waals surface area contributed by atoms with Gasteiger partial charge >= 0.3 is 0 Å². The Bertz CT molecular complexity index is 607. The Morgan fingerprint density at radius 2 is 1.92 bits per heavy atom. The quantitative estimate of drug-likeness (QED) is 0.885. The lowest BCUT2D eigenvalue weighted by Crippen LogP contribution is -2.50. The molecule has 1 aliphatic carbocycles. The number of aliphatic hydroxyl groups excluding tert-OH is 1. The molecule has 0 bridgehead atoms. The molecule has 1 saturated carbocycles. The van der Waals surface area contributed by atoms with Gasteiger partial charge in [-0.1, -0.05) is 6.92 Å². The Morgan fingerprint density at radius 3 is 2.44 bits per heavy atom. The van der Waals surface area contributed by atoms with Crippen LogP contribution in [-0.4, -0.2) is 69.4 Å². The van der Waals surface area contributed by atoms with Crippen LogP contribution in [0.25, 0.3) is 0 Å². The summed E-state index contributed by atoms with van der Waals surface area (Å²) in [4.78, 5) is 17.0. The third kappa shape index (κ3) is 4.23. The van der Waals surface area contributed by atoms with Crippen molar-refractivity contribution >= 4 is 5.91 Å². The second-order valence-electron chi connectivity index (χ2n) is 8.47. The summed E-state index contributed by atoms with van der Waals surface area (Å²) in [7, 11) is 0. The van der Waals surface area contributed by atoms with Crippen molar-refractivity contribution in [1.29, 1.82) is 0 Å². The lowest BCUT2D eigenvalue weighted by Gasteiger charge is -2.35. The van der Waals surface area contributed by atoms with E-state index < -0.39 is 0 Å². The molecule has 0 spiro atoms. The van der Waals surface area contributed by atoms with Crippen molar-refractivity contribution in [2.45, 2.75) is 64.5 Å². The third-order valence-corrected chi connectivity index (χ3v) is 5.19. The molecule has 1 aromatic heterocycles. The van der Waals surface area contributed by atoms with Crippen molar-refractivity contribution < 1.29 is 9.90 Å². The monoisotopic (exact) mass is 348 g/mol. The maximum absolute atomic E-state index is 12.9. The fraction of sp³-hybridized carbons (Fsp3) is 0.789. The van der Waals surface area contributed by atoms with Gasteiger partial charge in [0.2, 0.25) is 0 Å². The molecule has 3 rings (SSSR count). The number of carbonyl (C=O) groups excluding carboxylic acids is 1. The van der Waals surface area contributed by atoms with Crippen LogP contribution in [-0.2, 0) is 5.54 Å².